The third-order valence-electron chi connectivity index (χ3n) is 4.76. The number of sulfonamides is 1. The van der Waals surface area contributed by atoms with Crippen molar-refractivity contribution in [3.05, 3.63) is 77.9 Å². The first-order valence-electron chi connectivity index (χ1n) is 8.13. The van der Waals surface area contributed by atoms with Gasteiger partial charge in [0.1, 0.15) is 0 Å². The lowest BCUT2D eigenvalue weighted by molar-refractivity contribution is 0.202. The van der Waals surface area contributed by atoms with Crippen molar-refractivity contribution >= 4 is 20.8 Å². The normalized spacial score (nSPS) is 18.5. The monoisotopic (exact) mass is 337 g/mol. The highest BCUT2D eigenvalue weighted by Gasteiger charge is 2.39. The van der Waals surface area contributed by atoms with Crippen LogP contribution in [0.2, 0.25) is 0 Å². The molecule has 4 heteroatoms. The van der Waals surface area contributed by atoms with Crippen molar-refractivity contribution in [2.75, 3.05) is 6.54 Å². The highest BCUT2D eigenvalue weighted by molar-refractivity contribution is 7.89. The molecule has 0 amide bonds. The minimum absolute atomic E-state index is 0.0686. The smallest absolute Gasteiger partial charge is 0.207 e. The second-order valence-corrected chi connectivity index (χ2v) is 8.23. The summed E-state index contributed by atoms with van der Waals surface area (Å²) in [4.78, 5) is 0.374. The number of benzene rings is 3. The van der Waals surface area contributed by atoms with Gasteiger partial charge < -0.3 is 0 Å². The number of fused-ring (bicyclic) bond motifs is 1. The molecule has 0 bridgehead atoms. The molecule has 1 aliphatic rings. The average Bonchev–Trinajstić information content (AvgIpc) is 2.54. The average molecular weight is 337 g/mol. The van der Waals surface area contributed by atoms with Crippen LogP contribution in [0.25, 0.3) is 10.8 Å². The van der Waals surface area contributed by atoms with Gasteiger partial charge >= 0.3 is 0 Å². The molecule has 4 rings (SSSR count). The van der Waals surface area contributed by atoms with Crippen molar-refractivity contribution in [1.82, 2.24) is 4.31 Å². The lowest BCUT2D eigenvalue weighted by atomic mass is 9.95. The predicted octanol–water partition coefficient (Wildman–Crippen LogP) is 4.28. The van der Waals surface area contributed by atoms with Gasteiger partial charge in [0, 0.05) is 6.54 Å². The number of hydrogen-bond acceptors (Lipinski definition) is 2. The summed E-state index contributed by atoms with van der Waals surface area (Å²) in [5, 5.41) is 2.32. The predicted molar refractivity (Wildman–Crippen MR) is 96.4 cm³/mol. The van der Waals surface area contributed by atoms with Crippen molar-refractivity contribution in [1.29, 1.82) is 0 Å². The molecule has 1 fully saturated rings. The molecule has 1 saturated heterocycles. The highest BCUT2D eigenvalue weighted by Crippen LogP contribution is 2.39. The van der Waals surface area contributed by atoms with Crippen LogP contribution in [0.3, 0.4) is 0 Å². The van der Waals surface area contributed by atoms with Crippen LogP contribution >= 0.6 is 0 Å². The molecule has 122 valence electrons. The maximum absolute atomic E-state index is 12.9. The Balaban J connectivity index is 1.68. The van der Waals surface area contributed by atoms with Crippen LogP contribution in [0.5, 0.6) is 0 Å². The van der Waals surface area contributed by atoms with Gasteiger partial charge in [-0.05, 0) is 47.9 Å². The van der Waals surface area contributed by atoms with Gasteiger partial charge in [0.05, 0.1) is 10.9 Å². The second kappa shape index (κ2) is 5.72. The molecule has 0 radical (unpaired) electrons. The Bertz CT molecular complexity index is 994. The van der Waals surface area contributed by atoms with E-state index < -0.39 is 10.0 Å². The number of rotatable bonds is 3. The molecule has 1 unspecified atom stereocenters. The first kappa shape index (κ1) is 15.4. The second-order valence-electron chi connectivity index (χ2n) is 6.34. The van der Waals surface area contributed by atoms with E-state index in [4.69, 9.17) is 0 Å². The minimum Gasteiger partial charge on any atom is -0.207 e. The Morgan fingerprint density at radius 1 is 0.917 bits per heavy atom. The summed E-state index contributed by atoms with van der Waals surface area (Å²) >= 11 is 0. The van der Waals surface area contributed by atoms with Crippen LogP contribution < -0.4 is 0 Å². The third-order valence-corrected chi connectivity index (χ3v) is 6.68. The van der Waals surface area contributed by atoms with E-state index in [0.29, 0.717) is 11.4 Å². The summed E-state index contributed by atoms with van der Waals surface area (Å²) in [5.74, 6) is 0. The van der Waals surface area contributed by atoms with Crippen LogP contribution in [0.15, 0.2) is 71.6 Å². The maximum Gasteiger partial charge on any atom is 0.243 e. The van der Waals surface area contributed by atoms with E-state index in [9.17, 15) is 8.42 Å². The lowest BCUT2D eigenvalue weighted by Gasteiger charge is -2.40. The summed E-state index contributed by atoms with van der Waals surface area (Å²) in [5.41, 5.74) is 2.12. The number of aryl methyl sites for hydroxylation is 1. The van der Waals surface area contributed by atoms with Gasteiger partial charge in [0.25, 0.3) is 0 Å². The Morgan fingerprint density at radius 2 is 1.62 bits per heavy atom. The van der Waals surface area contributed by atoms with Gasteiger partial charge in [-0.15, -0.1) is 0 Å². The zero-order valence-electron chi connectivity index (χ0n) is 13.5. The van der Waals surface area contributed by atoms with E-state index >= 15 is 0 Å². The lowest BCUT2D eigenvalue weighted by Crippen LogP contribution is -2.44. The molecule has 3 aromatic rings. The van der Waals surface area contributed by atoms with E-state index in [2.05, 4.69) is 24.3 Å². The summed E-state index contributed by atoms with van der Waals surface area (Å²) in [6.45, 7) is 2.53. The number of nitrogens with zero attached hydrogens (tertiary/aromatic N) is 1. The van der Waals surface area contributed by atoms with Crippen molar-refractivity contribution in [2.45, 2.75) is 24.3 Å². The first-order chi connectivity index (χ1) is 11.6. The molecule has 0 N–H and O–H groups in total. The van der Waals surface area contributed by atoms with E-state index in [-0.39, 0.29) is 6.04 Å². The van der Waals surface area contributed by atoms with Gasteiger partial charge in [0.15, 0.2) is 0 Å². The molecule has 3 aromatic carbocycles. The van der Waals surface area contributed by atoms with E-state index in [1.165, 1.54) is 5.39 Å². The van der Waals surface area contributed by atoms with Gasteiger partial charge in [-0.3, -0.25) is 0 Å². The molecule has 0 aliphatic carbocycles. The van der Waals surface area contributed by atoms with Gasteiger partial charge in [-0.25, -0.2) is 8.42 Å². The zero-order chi connectivity index (χ0) is 16.7. The molecule has 1 atom stereocenters. The fourth-order valence-corrected chi connectivity index (χ4v) is 4.90. The highest BCUT2D eigenvalue weighted by atomic mass is 32.2. The molecule has 1 heterocycles. The largest absolute Gasteiger partial charge is 0.243 e. The molecule has 0 saturated carbocycles. The fourth-order valence-electron chi connectivity index (χ4n) is 3.24. The van der Waals surface area contributed by atoms with E-state index in [0.717, 1.165) is 22.9 Å². The summed E-state index contributed by atoms with van der Waals surface area (Å²) in [6, 6.07) is 21.4. The van der Waals surface area contributed by atoms with Crippen molar-refractivity contribution in [2.24, 2.45) is 0 Å². The summed E-state index contributed by atoms with van der Waals surface area (Å²) in [7, 11) is -3.44. The standard InChI is InChI=1S/C20H19NO2S/c1-15-6-10-19(11-7-15)24(22,23)21-13-12-20(21)18-9-8-16-4-2-3-5-17(16)14-18/h2-11,14,20H,12-13H2,1H3. The number of hydrogen-bond donors (Lipinski definition) is 0. The van der Waals surface area contributed by atoms with Crippen LogP contribution in [0.4, 0.5) is 0 Å². The van der Waals surface area contributed by atoms with Gasteiger partial charge in [-0.1, -0.05) is 54.1 Å². The SMILES string of the molecule is Cc1ccc(S(=O)(=O)N2CCC2c2ccc3ccccc3c2)cc1. The van der Waals surface area contributed by atoms with Crippen molar-refractivity contribution < 1.29 is 8.42 Å². The summed E-state index contributed by atoms with van der Waals surface area (Å²) < 4.78 is 27.4. The van der Waals surface area contributed by atoms with E-state index in [1.54, 1.807) is 16.4 Å². The molecule has 1 aliphatic heterocycles. The van der Waals surface area contributed by atoms with Crippen LogP contribution in [0.1, 0.15) is 23.6 Å². The minimum atomic E-state index is -3.44. The van der Waals surface area contributed by atoms with Gasteiger partial charge in [0.2, 0.25) is 10.0 Å². The summed E-state index contributed by atoms with van der Waals surface area (Å²) in [6.07, 6.45) is 0.865. The molecule has 0 spiro atoms. The molecule has 24 heavy (non-hydrogen) atoms. The van der Waals surface area contributed by atoms with Crippen molar-refractivity contribution in [3.63, 3.8) is 0 Å². The molecule has 0 aromatic heterocycles. The van der Waals surface area contributed by atoms with E-state index in [1.807, 2.05) is 37.3 Å². The fraction of sp³-hybridized carbons (Fsp3) is 0.200. The van der Waals surface area contributed by atoms with Crippen LogP contribution in [0, 0.1) is 6.92 Å². The molecule has 3 nitrogen and oxygen atoms in total. The van der Waals surface area contributed by atoms with Crippen LogP contribution in [-0.4, -0.2) is 19.3 Å². The maximum atomic E-state index is 12.9. The van der Waals surface area contributed by atoms with Crippen molar-refractivity contribution in [3.8, 4) is 0 Å². The Hall–Kier alpha value is -2.17. The Kier molecular flexibility index (Phi) is 3.66. The molecular weight excluding hydrogens is 318 g/mol. The quantitative estimate of drug-likeness (QED) is 0.715. The first-order valence-corrected chi connectivity index (χ1v) is 9.57. The Labute approximate surface area is 142 Å². The third kappa shape index (κ3) is 2.52. The zero-order valence-corrected chi connectivity index (χ0v) is 14.3. The topological polar surface area (TPSA) is 37.4 Å². The van der Waals surface area contributed by atoms with Gasteiger partial charge in [-0.2, -0.15) is 4.31 Å². The Morgan fingerprint density at radius 3 is 2.29 bits per heavy atom. The molecular formula is C20H19NO2S. The van der Waals surface area contributed by atoms with Crippen LogP contribution in [-0.2, 0) is 10.0 Å².